The smallest absolute Gasteiger partial charge is 0.341 e. The first-order chi connectivity index (χ1) is 16.9. The van der Waals surface area contributed by atoms with Crippen LogP contribution in [0.3, 0.4) is 0 Å². The zero-order valence-electron chi connectivity index (χ0n) is 19.8. The molecule has 0 fully saturated rings. The van der Waals surface area contributed by atoms with Gasteiger partial charge in [0.25, 0.3) is 5.91 Å². The van der Waals surface area contributed by atoms with E-state index < -0.39 is 5.97 Å². The van der Waals surface area contributed by atoms with E-state index in [9.17, 15) is 14.4 Å². The normalized spacial score (nSPS) is 11.2. The van der Waals surface area contributed by atoms with E-state index in [-0.39, 0.29) is 29.7 Å². The lowest BCUT2D eigenvalue weighted by atomic mass is 10.1. The van der Waals surface area contributed by atoms with Gasteiger partial charge in [-0.1, -0.05) is 35.2 Å². The number of hydrogen-bond donors (Lipinski definition) is 1. The molecule has 3 heterocycles. The molecule has 3 aromatic heterocycles. The van der Waals surface area contributed by atoms with Crippen LogP contribution in [0.4, 0.5) is 5.00 Å². The number of carbonyl (C=O) groups excluding carboxylic acids is 3. The van der Waals surface area contributed by atoms with Crippen molar-refractivity contribution in [1.29, 1.82) is 0 Å². The number of carbonyl (C=O) groups is 3. The highest BCUT2D eigenvalue weighted by Gasteiger charge is 2.28. The van der Waals surface area contributed by atoms with Gasteiger partial charge in [0.1, 0.15) is 5.00 Å². The number of esters is 1. The van der Waals surface area contributed by atoms with Gasteiger partial charge in [-0.25, -0.2) is 4.79 Å². The maximum Gasteiger partial charge on any atom is 0.341 e. The molecule has 0 bridgehead atoms. The molecule has 1 N–H and O–H groups in total. The molecule has 4 rings (SSSR count). The van der Waals surface area contributed by atoms with Crippen LogP contribution < -0.4 is 5.32 Å². The molecule has 0 saturated heterocycles. The standard InChI is InChI=1S/C23H25N5O4S3/c1-5-27(6-2)20(30)18-13(4)17(21(31)32-7-3)19(35-18)24-16(29)12-33-22-25-26-23-28(22)14-10-8-9-11-15(14)34-23/h8-11H,5-7,12H2,1-4H3,(H,24,29). The number of para-hydroxylation sites is 1. The molecule has 0 aliphatic carbocycles. The van der Waals surface area contributed by atoms with Gasteiger partial charge in [0.15, 0.2) is 5.16 Å². The summed E-state index contributed by atoms with van der Waals surface area (Å²) < 4.78 is 8.22. The Morgan fingerprint density at radius 1 is 1.11 bits per heavy atom. The Labute approximate surface area is 214 Å². The van der Waals surface area contributed by atoms with E-state index >= 15 is 0 Å². The van der Waals surface area contributed by atoms with Crippen molar-refractivity contribution in [2.45, 2.75) is 32.9 Å². The summed E-state index contributed by atoms with van der Waals surface area (Å²) in [5.74, 6) is -0.997. The maximum absolute atomic E-state index is 13.0. The molecule has 35 heavy (non-hydrogen) atoms. The summed E-state index contributed by atoms with van der Waals surface area (Å²) >= 11 is 3.89. The Bertz CT molecular complexity index is 1400. The molecule has 0 aliphatic rings. The molecule has 9 nitrogen and oxygen atoms in total. The zero-order valence-corrected chi connectivity index (χ0v) is 22.2. The Balaban J connectivity index is 1.56. The number of nitrogens with zero attached hydrogens (tertiary/aromatic N) is 4. The predicted molar refractivity (Wildman–Crippen MR) is 140 cm³/mol. The van der Waals surface area contributed by atoms with Gasteiger partial charge in [-0.3, -0.25) is 14.0 Å². The molecule has 0 spiro atoms. The molecule has 0 unspecified atom stereocenters. The summed E-state index contributed by atoms with van der Waals surface area (Å²) in [4.78, 5) is 41.4. The van der Waals surface area contributed by atoms with Gasteiger partial charge in [0.2, 0.25) is 10.9 Å². The van der Waals surface area contributed by atoms with E-state index in [4.69, 9.17) is 4.74 Å². The maximum atomic E-state index is 13.0. The van der Waals surface area contributed by atoms with Gasteiger partial charge < -0.3 is 15.0 Å². The lowest BCUT2D eigenvalue weighted by molar-refractivity contribution is -0.113. The van der Waals surface area contributed by atoms with Crippen LogP contribution in [0.5, 0.6) is 0 Å². The number of benzene rings is 1. The molecule has 12 heteroatoms. The minimum Gasteiger partial charge on any atom is -0.462 e. The summed E-state index contributed by atoms with van der Waals surface area (Å²) in [5, 5.41) is 12.2. The second-order valence-electron chi connectivity index (χ2n) is 7.47. The highest BCUT2D eigenvalue weighted by molar-refractivity contribution is 7.99. The fourth-order valence-electron chi connectivity index (χ4n) is 3.65. The third kappa shape index (κ3) is 4.91. The summed E-state index contributed by atoms with van der Waals surface area (Å²) in [5.41, 5.74) is 1.72. The molecule has 1 aromatic carbocycles. The van der Waals surface area contributed by atoms with E-state index in [1.807, 2.05) is 42.5 Å². The average Bonchev–Trinajstić information content (AvgIpc) is 3.50. The van der Waals surface area contributed by atoms with Crippen LogP contribution in [0, 0.1) is 6.92 Å². The Morgan fingerprint density at radius 2 is 1.86 bits per heavy atom. The van der Waals surface area contributed by atoms with Gasteiger partial charge in [-0.05, 0) is 45.4 Å². The molecular weight excluding hydrogens is 506 g/mol. The van der Waals surface area contributed by atoms with Crippen molar-refractivity contribution >= 4 is 72.4 Å². The largest absolute Gasteiger partial charge is 0.462 e. The first-order valence-corrected chi connectivity index (χ1v) is 13.8. The fourth-order valence-corrected chi connectivity index (χ4v) is 6.60. The molecule has 184 valence electrons. The molecule has 2 amide bonds. The van der Waals surface area contributed by atoms with E-state index in [1.165, 1.54) is 23.1 Å². The number of hydrogen-bond acceptors (Lipinski definition) is 9. The van der Waals surface area contributed by atoms with Crippen molar-refractivity contribution < 1.29 is 19.1 Å². The minimum atomic E-state index is -0.563. The highest BCUT2D eigenvalue weighted by atomic mass is 32.2. The first kappa shape index (κ1) is 25.1. The molecule has 0 radical (unpaired) electrons. The zero-order chi connectivity index (χ0) is 25.1. The lowest BCUT2D eigenvalue weighted by Crippen LogP contribution is -2.30. The quantitative estimate of drug-likeness (QED) is 0.246. The van der Waals surface area contributed by atoms with E-state index in [1.54, 1.807) is 18.7 Å². The second kappa shape index (κ2) is 10.8. The average molecular weight is 532 g/mol. The number of nitrogens with one attached hydrogen (secondary N) is 1. The van der Waals surface area contributed by atoms with E-state index in [2.05, 4.69) is 15.5 Å². The molecular formula is C23H25N5O4S3. The Hall–Kier alpha value is -2.96. The van der Waals surface area contributed by atoms with Gasteiger partial charge in [-0.2, -0.15) is 0 Å². The van der Waals surface area contributed by atoms with Crippen LogP contribution in [0.1, 0.15) is 46.4 Å². The van der Waals surface area contributed by atoms with Crippen LogP contribution in [0.25, 0.3) is 15.2 Å². The monoisotopic (exact) mass is 531 g/mol. The number of thiophene rings is 1. The van der Waals surface area contributed by atoms with Crippen molar-refractivity contribution in [2.24, 2.45) is 0 Å². The summed E-state index contributed by atoms with van der Waals surface area (Å²) in [7, 11) is 0. The van der Waals surface area contributed by atoms with Crippen molar-refractivity contribution in [3.63, 3.8) is 0 Å². The first-order valence-electron chi connectivity index (χ1n) is 11.1. The fraction of sp³-hybridized carbons (Fsp3) is 0.348. The number of rotatable bonds is 9. The summed E-state index contributed by atoms with van der Waals surface area (Å²) in [6.07, 6.45) is 0. The number of aromatic nitrogens is 3. The number of amides is 2. The van der Waals surface area contributed by atoms with Gasteiger partial charge >= 0.3 is 5.97 Å². The third-order valence-electron chi connectivity index (χ3n) is 5.37. The Morgan fingerprint density at radius 3 is 2.57 bits per heavy atom. The Kier molecular flexibility index (Phi) is 7.72. The van der Waals surface area contributed by atoms with Gasteiger partial charge in [-0.15, -0.1) is 21.5 Å². The molecule has 0 saturated carbocycles. The van der Waals surface area contributed by atoms with Crippen LogP contribution in [0.2, 0.25) is 0 Å². The van der Waals surface area contributed by atoms with Crippen LogP contribution in [-0.2, 0) is 9.53 Å². The van der Waals surface area contributed by atoms with Crippen LogP contribution in [-0.4, -0.2) is 62.7 Å². The number of ether oxygens (including phenoxy) is 1. The van der Waals surface area contributed by atoms with Crippen molar-refractivity contribution in [3.05, 3.63) is 40.3 Å². The topological polar surface area (TPSA) is 106 Å². The van der Waals surface area contributed by atoms with Crippen molar-refractivity contribution in [3.8, 4) is 0 Å². The summed E-state index contributed by atoms with van der Waals surface area (Å²) in [6, 6.07) is 7.92. The predicted octanol–water partition coefficient (Wildman–Crippen LogP) is 4.70. The SMILES string of the molecule is CCOC(=O)c1c(NC(=O)CSc2nnc3sc4ccccc4n23)sc(C(=O)N(CC)CC)c1C. The molecule has 0 atom stereocenters. The van der Waals surface area contributed by atoms with Crippen molar-refractivity contribution in [2.75, 3.05) is 30.8 Å². The van der Waals surface area contributed by atoms with Crippen molar-refractivity contribution in [1.82, 2.24) is 19.5 Å². The number of fused-ring (bicyclic) bond motifs is 3. The third-order valence-corrected chi connectivity index (χ3v) is 8.50. The minimum absolute atomic E-state index is 0.0590. The molecule has 4 aromatic rings. The van der Waals surface area contributed by atoms with Crippen LogP contribution >= 0.6 is 34.4 Å². The van der Waals surface area contributed by atoms with E-state index in [0.29, 0.717) is 33.7 Å². The van der Waals surface area contributed by atoms with Gasteiger partial charge in [0, 0.05) is 13.1 Å². The molecule has 0 aliphatic heterocycles. The number of thioether (sulfide) groups is 1. The highest BCUT2D eigenvalue weighted by Crippen LogP contribution is 2.35. The summed E-state index contributed by atoms with van der Waals surface area (Å²) in [6.45, 7) is 8.49. The second-order valence-corrected chi connectivity index (χ2v) is 10.4. The van der Waals surface area contributed by atoms with Gasteiger partial charge in [0.05, 0.1) is 33.0 Å². The van der Waals surface area contributed by atoms with Crippen LogP contribution in [0.15, 0.2) is 29.4 Å². The lowest BCUT2D eigenvalue weighted by Gasteiger charge is -2.18. The number of anilines is 1. The number of thiazole rings is 1. The van der Waals surface area contributed by atoms with E-state index in [0.717, 1.165) is 26.5 Å².